The zero-order chi connectivity index (χ0) is 22.7. The van der Waals surface area contributed by atoms with E-state index in [1.165, 1.54) is 0 Å². The lowest BCUT2D eigenvalue weighted by molar-refractivity contribution is 0.0943. The third-order valence-corrected chi connectivity index (χ3v) is 5.51. The van der Waals surface area contributed by atoms with Crippen LogP contribution in [0.15, 0.2) is 48.5 Å². The third kappa shape index (κ3) is 4.50. The van der Waals surface area contributed by atoms with E-state index in [9.17, 15) is 14.4 Å². The molecule has 1 aromatic heterocycles. The number of aromatic nitrogens is 1. The van der Waals surface area contributed by atoms with Crippen molar-refractivity contribution < 1.29 is 14.4 Å². The van der Waals surface area contributed by atoms with Crippen molar-refractivity contribution in [2.75, 3.05) is 39.0 Å². The highest BCUT2D eigenvalue weighted by Crippen LogP contribution is 2.24. The topological polar surface area (TPSA) is 95.5 Å². The van der Waals surface area contributed by atoms with Crippen LogP contribution >= 0.6 is 0 Å². The fourth-order valence-corrected chi connectivity index (χ4v) is 3.83. The highest BCUT2D eigenvalue weighted by atomic mass is 16.2. The molecule has 0 bridgehead atoms. The molecule has 1 aliphatic rings. The Morgan fingerprint density at radius 1 is 1.09 bits per heavy atom. The molecule has 2 aromatic carbocycles. The maximum absolute atomic E-state index is 13.0. The number of nitrogens with zero attached hydrogens (tertiary/aromatic N) is 2. The van der Waals surface area contributed by atoms with Gasteiger partial charge in [0.25, 0.3) is 17.7 Å². The summed E-state index contributed by atoms with van der Waals surface area (Å²) in [5.41, 5.74) is 2.78. The first-order valence-corrected chi connectivity index (χ1v) is 10.7. The minimum Gasteiger partial charge on any atom is -0.351 e. The van der Waals surface area contributed by atoms with Crippen molar-refractivity contribution in [1.82, 2.24) is 20.1 Å². The number of amides is 3. The van der Waals surface area contributed by atoms with Gasteiger partial charge in [-0.3, -0.25) is 14.4 Å². The van der Waals surface area contributed by atoms with Gasteiger partial charge in [-0.2, -0.15) is 0 Å². The molecule has 0 saturated heterocycles. The largest absolute Gasteiger partial charge is 0.351 e. The summed E-state index contributed by atoms with van der Waals surface area (Å²) in [7, 11) is 3.88. The monoisotopic (exact) mass is 433 g/mol. The second-order valence-electron chi connectivity index (χ2n) is 8.12. The predicted octanol–water partition coefficient (Wildman–Crippen LogP) is 2.32. The van der Waals surface area contributed by atoms with Gasteiger partial charge >= 0.3 is 0 Å². The number of likely N-dealkylation sites (N-methyl/N-ethyl adjacent to an activating group) is 1. The molecule has 0 spiro atoms. The number of carbonyl (C=O) groups excluding carboxylic acids is 3. The van der Waals surface area contributed by atoms with E-state index in [1.54, 1.807) is 36.4 Å². The first kappa shape index (κ1) is 21.6. The Morgan fingerprint density at radius 2 is 1.91 bits per heavy atom. The highest BCUT2D eigenvalue weighted by Gasteiger charge is 2.20. The molecule has 166 valence electrons. The summed E-state index contributed by atoms with van der Waals surface area (Å²) in [4.78, 5) is 39.9. The molecule has 0 saturated carbocycles. The number of carbonyl (C=O) groups is 3. The van der Waals surface area contributed by atoms with Gasteiger partial charge in [0.1, 0.15) is 5.69 Å². The molecule has 2 heterocycles. The van der Waals surface area contributed by atoms with E-state index in [0.717, 1.165) is 23.9 Å². The molecule has 8 heteroatoms. The van der Waals surface area contributed by atoms with Crippen LogP contribution in [0.3, 0.4) is 0 Å². The van der Waals surface area contributed by atoms with Crippen LogP contribution < -0.4 is 16.0 Å². The van der Waals surface area contributed by atoms with Crippen molar-refractivity contribution >= 4 is 34.3 Å². The second kappa shape index (κ2) is 9.23. The van der Waals surface area contributed by atoms with E-state index < -0.39 is 0 Å². The van der Waals surface area contributed by atoms with Gasteiger partial charge < -0.3 is 25.4 Å². The molecular weight excluding hydrogens is 406 g/mol. The fraction of sp³-hybridized carbons (Fsp3) is 0.292. The summed E-state index contributed by atoms with van der Waals surface area (Å²) in [5, 5.41) is 9.54. The molecule has 0 unspecified atom stereocenters. The van der Waals surface area contributed by atoms with Crippen LogP contribution in [0.2, 0.25) is 0 Å². The number of aryl methyl sites for hydroxylation is 1. The maximum atomic E-state index is 13.0. The smallest absolute Gasteiger partial charge is 0.267 e. The standard InChI is InChI=1S/C24H27N5O3/c1-28(2)13-11-26-23(31)18-6-3-4-7-19(18)27-22(30)17-9-8-16-14-21-24(32)25-10-5-12-29(21)20(16)15-17/h3-4,6-9,14-15H,5,10-13H2,1-2H3,(H,25,32)(H,26,31)(H,27,30). The number of hydrogen-bond donors (Lipinski definition) is 3. The quantitative estimate of drug-likeness (QED) is 0.556. The Hall–Kier alpha value is -3.65. The summed E-state index contributed by atoms with van der Waals surface area (Å²) in [5.74, 6) is -0.644. The number of benzene rings is 2. The molecule has 32 heavy (non-hydrogen) atoms. The van der Waals surface area contributed by atoms with E-state index in [2.05, 4.69) is 16.0 Å². The SMILES string of the molecule is CN(C)CCNC(=O)c1ccccc1NC(=O)c1ccc2cc3n(c2c1)CCCNC3=O. The van der Waals surface area contributed by atoms with Crippen LogP contribution in [0.4, 0.5) is 5.69 Å². The van der Waals surface area contributed by atoms with Gasteiger partial charge in [-0.15, -0.1) is 0 Å². The molecule has 3 amide bonds. The Morgan fingerprint density at radius 3 is 2.72 bits per heavy atom. The number of fused-ring (bicyclic) bond motifs is 3. The van der Waals surface area contributed by atoms with Crippen LogP contribution in [0.25, 0.3) is 10.9 Å². The van der Waals surface area contributed by atoms with Gasteiger partial charge in [-0.1, -0.05) is 18.2 Å². The molecular formula is C24H27N5O3. The lowest BCUT2D eigenvalue weighted by Gasteiger charge is -2.13. The van der Waals surface area contributed by atoms with Gasteiger partial charge in [-0.25, -0.2) is 0 Å². The molecule has 3 aromatic rings. The molecule has 0 radical (unpaired) electrons. The van der Waals surface area contributed by atoms with Gasteiger partial charge in [0.2, 0.25) is 0 Å². The maximum Gasteiger partial charge on any atom is 0.267 e. The van der Waals surface area contributed by atoms with Crippen LogP contribution in [-0.4, -0.2) is 60.9 Å². The van der Waals surface area contributed by atoms with E-state index in [0.29, 0.717) is 42.1 Å². The number of para-hydroxylation sites is 1. The van der Waals surface area contributed by atoms with Gasteiger partial charge in [0.05, 0.1) is 11.3 Å². The Bertz CT molecular complexity index is 1180. The molecule has 8 nitrogen and oxygen atoms in total. The summed E-state index contributed by atoms with van der Waals surface area (Å²) in [6.07, 6.45) is 0.829. The van der Waals surface area contributed by atoms with Gasteiger partial charge in [-0.05, 0) is 50.8 Å². The van der Waals surface area contributed by atoms with Crippen molar-refractivity contribution in [3.63, 3.8) is 0 Å². The molecule has 3 N–H and O–H groups in total. The van der Waals surface area contributed by atoms with E-state index in [1.807, 2.05) is 35.7 Å². The summed E-state index contributed by atoms with van der Waals surface area (Å²) in [6.45, 7) is 2.58. The zero-order valence-corrected chi connectivity index (χ0v) is 18.3. The molecule has 4 rings (SSSR count). The third-order valence-electron chi connectivity index (χ3n) is 5.51. The Kier molecular flexibility index (Phi) is 6.23. The van der Waals surface area contributed by atoms with E-state index in [-0.39, 0.29) is 17.7 Å². The molecule has 1 aliphatic heterocycles. The average molecular weight is 434 g/mol. The van der Waals surface area contributed by atoms with Gasteiger partial charge in [0, 0.05) is 42.6 Å². The minimum atomic E-state index is -0.311. The zero-order valence-electron chi connectivity index (χ0n) is 18.3. The Balaban J connectivity index is 1.56. The average Bonchev–Trinajstić information content (AvgIpc) is 3.04. The van der Waals surface area contributed by atoms with Crippen molar-refractivity contribution in [2.24, 2.45) is 0 Å². The van der Waals surface area contributed by atoms with Crippen molar-refractivity contribution in [1.29, 1.82) is 0 Å². The number of hydrogen-bond acceptors (Lipinski definition) is 4. The highest BCUT2D eigenvalue weighted by molar-refractivity contribution is 6.10. The van der Waals surface area contributed by atoms with Gasteiger partial charge in [0.15, 0.2) is 0 Å². The first-order valence-electron chi connectivity index (χ1n) is 10.7. The van der Waals surface area contributed by atoms with Crippen LogP contribution in [0, 0.1) is 0 Å². The van der Waals surface area contributed by atoms with Crippen molar-refractivity contribution in [3.8, 4) is 0 Å². The van der Waals surface area contributed by atoms with Crippen LogP contribution in [0.1, 0.15) is 37.6 Å². The summed E-state index contributed by atoms with van der Waals surface area (Å²) in [6, 6.07) is 14.2. The lowest BCUT2D eigenvalue weighted by Crippen LogP contribution is -2.32. The van der Waals surface area contributed by atoms with Crippen molar-refractivity contribution in [2.45, 2.75) is 13.0 Å². The molecule has 0 aliphatic carbocycles. The molecule has 0 fully saturated rings. The molecule has 0 atom stereocenters. The van der Waals surface area contributed by atoms with Crippen LogP contribution in [0.5, 0.6) is 0 Å². The summed E-state index contributed by atoms with van der Waals surface area (Å²) >= 11 is 0. The Labute approximate surface area is 186 Å². The number of nitrogens with one attached hydrogen (secondary N) is 3. The second-order valence-corrected chi connectivity index (χ2v) is 8.12. The van der Waals surface area contributed by atoms with E-state index in [4.69, 9.17) is 0 Å². The summed E-state index contributed by atoms with van der Waals surface area (Å²) < 4.78 is 1.96. The minimum absolute atomic E-state index is 0.0982. The van der Waals surface area contributed by atoms with Crippen molar-refractivity contribution in [3.05, 3.63) is 65.4 Å². The predicted molar refractivity (Wildman–Crippen MR) is 124 cm³/mol. The fourth-order valence-electron chi connectivity index (χ4n) is 3.83. The van der Waals surface area contributed by atoms with E-state index >= 15 is 0 Å². The van der Waals surface area contributed by atoms with Crippen LogP contribution in [-0.2, 0) is 6.54 Å². The normalized spacial score (nSPS) is 13.4. The number of anilines is 1. The first-order chi connectivity index (χ1) is 15.4. The number of rotatable bonds is 6. The lowest BCUT2D eigenvalue weighted by atomic mass is 10.1.